The molecule has 196 valence electrons. The van der Waals surface area contributed by atoms with Gasteiger partial charge in [0.25, 0.3) is 0 Å². The molecule has 4 aromatic carbocycles. The Morgan fingerprint density at radius 1 is 0.821 bits per heavy atom. The van der Waals surface area contributed by atoms with E-state index in [-0.39, 0.29) is 6.03 Å². The molecule has 1 fully saturated rings. The number of aryl methyl sites for hydroxylation is 1. The van der Waals surface area contributed by atoms with Gasteiger partial charge < -0.3 is 5.73 Å². The third-order valence-electron chi connectivity index (χ3n) is 7.82. The quantitative estimate of drug-likeness (QED) is 0.272. The van der Waals surface area contributed by atoms with Crippen LogP contribution in [-0.4, -0.2) is 16.8 Å². The van der Waals surface area contributed by atoms with Crippen molar-refractivity contribution in [2.24, 2.45) is 11.0 Å². The topological polar surface area (TPSA) is 61.9 Å². The fourth-order valence-electron chi connectivity index (χ4n) is 5.80. The van der Waals surface area contributed by atoms with Crippen LogP contribution in [0.15, 0.2) is 102 Å². The van der Waals surface area contributed by atoms with Gasteiger partial charge in [0.1, 0.15) is 0 Å². The molecule has 39 heavy (non-hydrogen) atoms. The highest BCUT2D eigenvalue weighted by Crippen LogP contribution is 2.40. The number of hydrogen-bond donors (Lipinski definition) is 1. The van der Waals surface area contributed by atoms with Gasteiger partial charge in [0.15, 0.2) is 0 Å². The number of urea groups is 1. The predicted molar refractivity (Wildman–Crippen MR) is 160 cm³/mol. The lowest BCUT2D eigenvalue weighted by Crippen LogP contribution is -2.36. The first-order valence-electron chi connectivity index (χ1n) is 13.9. The summed E-state index contributed by atoms with van der Waals surface area (Å²) in [5.74, 6) is 0.308. The molecule has 0 atom stereocenters. The maximum Gasteiger partial charge on any atom is 0.349 e. The van der Waals surface area contributed by atoms with E-state index in [1.54, 1.807) is 9.91 Å². The molecule has 2 aliphatic rings. The van der Waals surface area contributed by atoms with Crippen molar-refractivity contribution >= 4 is 28.8 Å². The first kappa shape index (κ1) is 24.9. The molecule has 2 amide bonds. The Morgan fingerprint density at radius 3 is 2.31 bits per heavy atom. The second kappa shape index (κ2) is 10.8. The summed E-state index contributed by atoms with van der Waals surface area (Å²) in [6.07, 6.45) is 5.80. The Bertz CT molecular complexity index is 1500. The number of carbonyl (C=O) groups is 1. The number of anilines is 3. The van der Waals surface area contributed by atoms with Gasteiger partial charge in [-0.15, -0.1) is 0 Å². The number of hydrogen-bond acceptors (Lipinski definition) is 3. The van der Waals surface area contributed by atoms with E-state index < -0.39 is 0 Å². The number of carbonyl (C=O) groups excluding carboxylic acids is 1. The maximum absolute atomic E-state index is 14.3. The number of benzene rings is 4. The Hall–Kier alpha value is -4.38. The average Bonchev–Trinajstić information content (AvgIpc) is 3.08. The van der Waals surface area contributed by atoms with Crippen molar-refractivity contribution in [3.8, 4) is 11.1 Å². The number of amides is 2. The highest BCUT2D eigenvalue weighted by molar-refractivity contribution is 6.14. The summed E-state index contributed by atoms with van der Waals surface area (Å²) < 4.78 is 0. The highest BCUT2D eigenvalue weighted by atomic mass is 16.2. The molecule has 2 N–H and O–H groups in total. The summed E-state index contributed by atoms with van der Waals surface area (Å²) in [6, 6.07) is 32.5. The molecule has 0 unspecified atom stereocenters. The second-order valence-electron chi connectivity index (χ2n) is 10.7. The minimum Gasteiger partial charge on any atom is -0.399 e. The van der Waals surface area contributed by atoms with Crippen molar-refractivity contribution in [3.05, 3.63) is 114 Å². The van der Waals surface area contributed by atoms with Crippen LogP contribution in [0.5, 0.6) is 0 Å². The van der Waals surface area contributed by atoms with Crippen molar-refractivity contribution in [2.45, 2.75) is 45.6 Å². The molecule has 1 aliphatic heterocycles. The van der Waals surface area contributed by atoms with E-state index >= 15 is 0 Å². The van der Waals surface area contributed by atoms with Crippen LogP contribution < -0.4 is 10.6 Å². The zero-order valence-electron chi connectivity index (χ0n) is 22.4. The largest absolute Gasteiger partial charge is 0.399 e. The monoisotopic (exact) mass is 514 g/mol. The van der Waals surface area contributed by atoms with Crippen LogP contribution in [-0.2, 0) is 6.54 Å². The summed E-state index contributed by atoms with van der Waals surface area (Å²) in [6.45, 7) is 2.52. The molecule has 0 spiro atoms. The Kier molecular flexibility index (Phi) is 6.89. The van der Waals surface area contributed by atoms with Gasteiger partial charge in [0.2, 0.25) is 0 Å². The van der Waals surface area contributed by atoms with Crippen LogP contribution in [0.3, 0.4) is 0 Å². The standard InChI is InChI=1S/C34H34N4O/c1-24-9-8-14-27(21-24)28-15-20-32-31(22-28)33(26-12-6-3-7-13-26)36-37(23-25-10-4-2-5-11-25)34(39)38(32)30-18-16-29(35)17-19-30/h2,4-5,8-11,14-22,26H,3,6-7,12-13,23,35H2,1H3. The van der Waals surface area contributed by atoms with Crippen LogP contribution in [0, 0.1) is 12.8 Å². The molecule has 5 heteroatoms. The van der Waals surface area contributed by atoms with E-state index in [0.29, 0.717) is 18.2 Å². The van der Waals surface area contributed by atoms with Gasteiger partial charge in [-0.3, -0.25) is 4.90 Å². The zero-order valence-corrected chi connectivity index (χ0v) is 22.4. The van der Waals surface area contributed by atoms with Crippen LogP contribution in [0.25, 0.3) is 11.1 Å². The SMILES string of the molecule is Cc1cccc(-c2ccc3c(c2)C(C2CCCCC2)=NN(Cc2ccccc2)C(=O)N3c2ccc(N)cc2)c1. The van der Waals surface area contributed by atoms with E-state index in [4.69, 9.17) is 10.8 Å². The number of hydrazone groups is 1. The fraction of sp³-hybridized carbons (Fsp3) is 0.235. The van der Waals surface area contributed by atoms with Gasteiger partial charge in [0, 0.05) is 17.2 Å². The molecule has 0 saturated heterocycles. The van der Waals surface area contributed by atoms with Crippen molar-refractivity contribution < 1.29 is 4.79 Å². The van der Waals surface area contributed by atoms with E-state index in [2.05, 4.69) is 49.4 Å². The number of rotatable bonds is 5. The van der Waals surface area contributed by atoms with E-state index in [9.17, 15) is 4.79 Å². The number of nitrogen functional groups attached to an aromatic ring is 1. The van der Waals surface area contributed by atoms with Crippen LogP contribution >= 0.6 is 0 Å². The third-order valence-corrected chi connectivity index (χ3v) is 7.82. The van der Waals surface area contributed by atoms with Crippen LogP contribution in [0.1, 0.15) is 48.8 Å². The summed E-state index contributed by atoms with van der Waals surface area (Å²) in [5.41, 5.74) is 14.9. The number of nitrogens with zero attached hydrogens (tertiary/aromatic N) is 3. The molecule has 1 aliphatic carbocycles. The number of nitrogens with two attached hydrogens (primary N) is 1. The summed E-state index contributed by atoms with van der Waals surface area (Å²) >= 11 is 0. The highest BCUT2D eigenvalue weighted by Gasteiger charge is 2.34. The van der Waals surface area contributed by atoms with Gasteiger partial charge in [-0.1, -0.05) is 85.5 Å². The Balaban J connectivity index is 1.55. The summed E-state index contributed by atoms with van der Waals surface area (Å²) in [4.78, 5) is 16.1. The zero-order chi connectivity index (χ0) is 26.8. The molecule has 4 aromatic rings. The predicted octanol–water partition coefficient (Wildman–Crippen LogP) is 8.30. The van der Waals surface area contributed by atoms with Gasteiger partial charge >= 0.3 is 6.03 Å². The first-order chi connectivity index (χ1) is 19.1. The molecule has 6 rings (SSSR count). The van der Waals surface area contributed by atoms with E-state index in [1.807, 2.05) is 54.6 Å². The molecule has 0 bridgehead atoms. The minimum atomic E-state index is -0.168. The van der Waals surface area contributed by atoms with Crippen LogP contribution in [0.4, 0.5) is 21.9 Å². The van der Waals surface area contributed by atoms with Crippen molar-refractivity contribution in [2.75, 3.05) is 10.6 Å². The maximum atomic E-state index is 14.3. The molecule has 1 heterocycles. The summed E-state index contributed by atoms with van der Waals surface area (Å²) in [7, 11) is 0. The van der Waals surface area contributed by atoms with Gasteiger partial charge in [0.05, 0.1) is 23.6 Å². The molecular weight excluding hydrogens is 480 g/mol. The normalized spacial score (nSPS) is 16.0. The Labute approximate surface area is 230 Å². The number of fused-ring (bicyclic) bond motifs is 1. The van der Waals surface area contributed by atoms with Crippen molar-refractivity contribution in [1.82, 2.24) is 5.01 Å². The van der Waals surface area contributed by atoms with Gasteiger partial charge in [-0.05, 0) is 72.9 Å². The van der Waals surface area contributed by atoms with Gasteiger partial charge in [-0.25, -0.2) is 9.80 Å². The lowest BCUT2D eigenvalue weighted by Gasteiger charge is -2.27. The smallest absolute Gasteiger partial charge is 0.349 e. The van der Waals surface area contributed by atoms with Crippen LogP contribution in [0.2, 0.25) is 0 Å². The average molecular weight is 515 g/mol. The third kappa shape index (κ3) is 5.17. The fourth-order valence-corrected chi connectivity index (χ4v) is 5.80. The molecule has 1 saturated carbocycles. The first-order valence-corrected chi connectivity index (χ1v) is 13.9. The molecule has 0 aromatic heterocycles. The second-order valence-corrected chi connectivity index (χ2v) is 10.7. The van der Waals surface area contributed by atoms with Crippen molar-refractivity contribution in [3.63, 3.8) is 0 Å². The molecule has 5 nitrogen and oxygen atoms in total. The molecular formula is C34H34N4O. The van der Waals surface area contributed by atoms with E-state index in [0.717, 1.165) is 52.2 Å². The van der Waals surface area contributed by atoms with Crippen molar-refractivity contribution in [1.29, 1.82) is 0 Å². The van der Waals surface area contributed by atoms with Gasteiger partial charge in [-0.2, -0.15) is 5.10 Å². The lowest BCUT2D eigenvalue weighted by atomic mass is 9.82. The Morgan fingerprint density at radius 2 is 1.56 bits per heavy atom. The van der Waals surface area contributed by atoms with E-state index in [1.165, 1.54) is 24.8 Å². The summed E-state index contributed by atoms with van der Waals surface area (Å²) in [5, 5.41) is 6.85. The lowest BCUT2D eigenvalue weighted by molar-refractivity contribution is 0.207. The molecule has 0 radical (unpaired) electrons. The minimum absolute atomic E-state index is 0.168.